The Bertz CT molecular complexity index is 274. The van der Waals surface area contributed by atoms with Gasteiger partial charge in [-0.05, 0) is 50.6 Å². The van der Waals surface area contributed by atoms with Crippen molar-refractivity contribution in [3.8, 4) is 0 Å². The molecule has 0 bridgehead atoms. The molecule has 1 N–H and O–H groups in total. The smallest absolute Gasteiger partial charge is 0.0281 e. The SMILES string of the molecule is CCC1C2CNCC2CN1C1C=CCCC1. The highest BCUT2D eigenvalue weighted by Gasteiger charge is 2.44. The molecule has 0 amide bonds. The van der Waals surface area contributed by atoms with Crippen molar-refractivity contribution in [1.82, 2.24) is 10.2 Å². The molecule has 0 spiro atoms. The van der Waals surface area contributed by atoms with Crippen molar-refractivity contribution >= 4 is 0 Å². The Hall–Kier alpha value is -0.340. The van der Waals surface area contributed by atoms with E-state index in [0.29, 0.717) is 0 Å². The first-order chi connectivity index (χ1) is 7.90. The van der Waals surface area contributed by atoms with E-state index in [1.165, 1.54) is 45.3 Å². The molecule has 90 valence electrons. The molecule has 3 aliphatic rings. The van der Waals surface area contributed by atoms with E-state index in [4.69, 9.17) is 0 Å². The molecule has 2 fully saturated rings. The molecule has 2 saturated heterocycles. The zero-order valence-corrected chi connectivity index (χ0v) is 10.4. The fourth-order valence-corrected chi connectivity index (χ4v) is 4.05. The summed E-state index contributed by atoms with van der Waals surface area (Å²) in [5.41, 5.74) is 0. The standard InChI is InChI=1S/C14H24N2/c1-2-14-13-9-15-8-11(13)10-16(14)12-6-4-3-5-7-12/h4,6,11-15H,2-3,5,7-10H2,1H3. The van der Waals surface area contributed by atoms with Crippen LogP contribution in [-0.4, -0.2) is 36.6 Å². The van der Waals surface area contributed by atoms with E-state index < -0.39 is 0 Å². The highest BCUT2D eigenvalue weighted by molar-refractivity contribution is 5.06. The van der Waals surface area contributed by atoms with Crippen molar-refractivity contribution in [3.05, 3.63) is 12.2 Å². The predicted molar refractivity (Wildman–Crippen MR) is 67.4 cm³/mol. The fraction of sp³-hybridized carbons (Fsp3) is 0.857. The first-order valence-electron chi connectivity index (χ1n) is 7.03. The number of hydrogen-bond donors (Lipinski definition) is 1. The summed E-state index contributed by atoms with van der Waals surface area (Å²) in [5, 5.41) is 3.57. The van der Waals surface area contributed by atoms with Gasteiger partial charge in [0.25, 0.3) is 0 Å². The van der Waals surface area contributed by atoms with Crippen LogP contribution in [0.1, 0.15) is 32.6 Å². The lowest BCUT2D eigenvalue weighted by molar-refractivity contribution is 0.170. The van der Waals surface area contributed by atoms with Crippen molar-refractivity contribution in [2.75, 3.05) is 19.6 Å². The predicted octanol–water partition coefficient (Wildman–Crippen LogP) is 2.02. The molecule has 3 rings (SSSR count). The highest BCUT2D eigenvalue weighted by Crippen LogP contribution is 2.37. The first kappa shape index (κ1) is 10.8. The molecular formula is C14H24N2. The van der Waals surface area contributed by atoms with Gasteiger partial charge in [0, 0.05) is 18.6 Å². The summed E-state index contributed by atoms with van der Waals surface area (Å²) in [6.07, 6.45) is 10.3. The van der Waals surface area contributed by atoms with Gasteiger partial charge in [-0.1, -0.05) is 19.1 Å². The maximum Gasteiger partial charge on any atom is 0.0281 e. The van der Waals surface area contributed by atoms with Crippen LogP contribution in [0.15, 0.2) is 12.2 Å². The molecule has 4 unspecified atom stereocenters. The largest absolute Gasteiger partial charge is 0.316 e. The maximum absolute atomic E-state index is 3.57. The summed E-state index contributed by atoms with van der Waals surface area (Å²) in [5.74, 6) is 1.86. The third-order valence-corrected chi connectivity index (χ3v) is 4.83. The maximum atomic E-state index is 3.57. The molecule has 0 aromatic heterocycles. The lowest BCUT2D eigenvalue weighted by Crippen LogP contribution is -2.42. The lowest BCUT2D eigenvalue weighted by Gasteiger charge is -2.34. The van der Waals surface area contributed by atoms with Crippen LogP contribution in [0.2, 0.25) is 0 Å². The van der Waals surface area contributed by atoms with Crippen LogP contribution in [0, 0.1) is 11.8 Å². The van der Waals surface area contributed by atoms with Gasteiger partial charge in [0.15, 0.2) is 0 Å². The Morgan fingerprint density at radius 2 is 2.31 bits per heavy atom. The molecule has 0 aromatic carbocycles. The van der Waals surface area contributed by atoms with Gasteiger partial charge in [0.05, 0.1) is 0 Å². The molecule has 0 saturated carbocycles. The van der Waals surface area contributed by atoms with Crippen molar-refractivity contribution in [2.24, 2.45) is 11.8 Å². The molecule has 2 aliphatic heterocycles. The number of nitrogens with one attached hydrogen (secondary N) is 1. The van der Waals surface area contributed by atoms with Crippen molar-refractivity contribution in [1.29, 1.82) is 0 Å². The Balaban J connectivity index is 1.75. The van der Waals surface area contributed by atoms with E-state index in [1.807, 2.05) is 0 Å². The van der Waals surface area contributed by atoms with Gasteiger partial charge in [-0.3, -0.25) is 4.90 Å². The molecule has 4 atom stereocenters. The Morgan fingerprint density at radius 3 is 3.06 bits per heavy atom. The van der Waals surface area contributed by atoms with Gasteiger partial charge in [0.1, 0.15) is 0 Å². The summed E-state index contributed by atoms with van der Waals surface area (Å²) in [6, 6.07) is 1.59. The van der Waals surface area contributed by atoms with Gasteiger partial charge in [-0.15, -0.1) is 0 Å². The van der Waals surface area contributed by atoms with Crippen LogP contribution in [-0.2, 0) is 0 Å². The second-order valence-electron chi connectivity index (χ2n) is 5.68. The number of rotatable bonds is 2. The molecular weight excluding hydrogens is 196 g/mol. The molecule has 2 heterocycles. The average molecular weight is 220 g/mol. The van der Waals surface area contributed by atoms with Crippen molar-refractivity contribution < 1.29 is 0 Å². The summed E-state index contributed by atoms with van der Waals surface area (Å²) in [7, 11) is 0. The van der Waals surface area contributed by atoms with E-state index in [2.05, 4.69) is 29.3 Å². The van der Waals surface area contributed by atoms with Crippen molar-refractivity contribution in [3.63, 3.8) is 0 Å². The summed E-state index contributed by atoms with van der Waals surface area (Å²) in [4.78, 5) is 2.81. The minimum atomic E-state index is 0.754. The Morgan fingerprint density at radius 1 is 1.38 bits per heavy atom. The van der Waals surface area contributed by atoms with Gasteiger partial charge in [-0.25, -0.2) is 0 Å². The third-order valence-electron chi connectivity index (χ3n) is 4.83. The van der Waals surface area contributed by atoms with Crippen LogP contribution in [0.4, 0.5) is 0 Å². The van der Waals surface area contributed by atoms with Crippen molar-refractivity contribution in [2.45, 2.75) is 44.7 Å². The van der Waals surface area contributed by atoms with Crippen LogP contribution < -0.4 is 5.32 Å². The molecule has 0 aromatic rings. The van der Waals surface area contributed by atoms with E-state index in [-0.39, 0.29) is 0 Å². The fourth-order valence-electron chi connectivity index (χ4n) is 4.05. The van der Waals surface area contributed by atoms with Crippen LogP contribution in [0.25, 0.3) is 0 Å². The molecule has 2 heteroatoms. The summed E-state index contributed by atoms with van der Waals surface area (Å²) >= 11 is 0. The molecule has 16 heavy (non-hydrogen) atoms. The van der Waals surface area contributed by atoms with Gasteiger partial charge in [-0.2, -0.15) is 0 Å². The van der Waals surface area contributed by atoms with E-state index >= 15 is 0 Å². The van der Waals surface area contributed by atoms with Gasteiger partial charge < -0.3 is 5.32 Å². The zero-order valence-electron chi connectivity index (χ0n) is 10.4. The first-order valence-corrected chi connectivity index (χ1v) is 7.03. The minimum absolute atomic E-state index is 0.754. The second-order valence-corrected chi connectivity index (χ2v) is 5.68. The molecule has 1 aliphatic carbocycles. The van der Waals surface area contributed by atoms with Crippen LogP contribution in [0.3, 0.4) is 0 Å². The van der Waals surface area contributed by atoms with Crippen LogP contribution in [0.5, 0.6) is 0 Å². The van der Waals surface area contributed by atoms with E-state index in [9.17, 15) is 0 Å². The number of fused-ring (bicyclic) bond motifs is 1. The third kappa shape index (κ3) is 1.72. The van der Waals surface area contributed by atoms with Gasteiger partial charge >= 0.3 is 0 Å². The normalized spacial score (nSPS) is 43.8. The molecule has 0 radical (unpaired) electrons. The summed E-state index contributed by atoms with van der Waals surface area (Å²) < 4.78 is 0. The number of hydrogen-bond acceptors (Lipinski definition) is 2. The molecule has 2 nitrogen and oxygen atoms in total. The Labute approximate surface area is 99.1 Å². The summed E-state index contributed by atoms with van der Waals surface area (Å²) in [6.45, 7) is 6.22. The quantitative estimate of drug-likeness (QED) is 0.716. The highest BCUT2D eigenvalue weighted by atomic mass is 15.2. The lowest BCUT2D eigenvalue weighted by atomic mass is 9.92. The zero-order chi connectivity index (χ0) is 11.0. The second kappa shape index (κ2) is 4.50. The Kier molecular flexibility index (Phi) is 3.03. The minimum Gasteiger partial charge on any atom is -0.316 e. The van der Waals surface area contributed by atoms with E-state index in [1.54, 1.807) is 0 Å². The number of likely N-dealkylation sites (tertiary alicyclic amines) is 1. The number of nitrogens with zero attached hydrogens (tertiary/aromatic N) is 1. The topological polar surface area (TPSA) is 15.3 Å². The number of allylic oxidation sites excluding steroid dienone is 1. The van der Waals surface area contributed by atoms with Crippen LogP contribution >= 0.6 is 0 Å². The van der Waals surface area contributed by atoms with Gasteiger partial charge in [0.2, 0.25) is 0 Å². The monoisotopic (exact) mass is 220 g/mol. The van der Waals surface area contributed by atoms with E-state index in [0.717, 1.165) is 23.9 Å². The average Bonchev–Trinajstić information content (AvgIpc) is 2.89.